The van der Waals surface area contributed by atoms with Gasteiger partial charge in [-0.15, -0.1) is 0 Å². The molecule has 1 saturated carbocycles. The van der Waals surface area contributed by atoms with Gasteiger partial charge in [0.1, 0.15) is 0 Å². The lowest BCUT2D eigenvalue weighted by Gasteiger charge is -2.29. The van der Waals surface area contributed by atoms with Crippen LogP contribution in [0.4, 0.5) is 13.2 Å². The van der Waals surface area contributed by atoms with Crippen LogP contribution in [0.3, 0.4) is 0 Å². The summed E-state index contributed by atoms with van der Waals surface area (Å²) in [6.07, 6.45) is 10.3. The molecule has 0 radical (unpaired) electrons. The van der Waals surface area contributed by atoms with Gasteiger partial charge in [-0.1, -0.05) is 31.2 Å². The van der Waals surface area contributed by atoms with Crippen molar-refractivity contribution in [3.63, 3.8) is 0 Å². The molecule has 0 amide bonds. The molecule has 2 aromatic rings. The van der Waals surface area contributed by atoms with Gasteiger partial charge in [0.2, 0.25) is 0 Å². The van der Waals surface area contributed by atoms with Crippen molar-refractivity contribution in [3.8, 4) is 5.75 Å². The minimum Gasteiger partial charge on any atom is -0.491 e. The number of hydrogen-bond acceptors (Lipinski definition) is 1. The number of hydrogen-bond donors (Lipinski definition) is 0. The molecule has 2 aromatic carbocycles. The van der Waals surface area contributed by atoms with Gasteiger partial charge >= 0.3 is 0 Å². The van der Waals surface area contributed by atoms with Crippen molar-refractivity contribution in [2.24, 2.45) is 11.8 Å². The second kappa shape index (κ2) is 10.8. The van der Waals surface area contributed by atoms with Crippen molar-refractivity contribution in [2.45, 2.75) is 77.6 Å². The molecule has 0 aliphatic heterocycles. The third-order valence-corrected chi connectivity index (χ3v) is 7.58. The highest BCUT2D eigenvalue weighted by atomic mass is 19.2. The van der Waals surface area contributed by atoms with Crippen molar-refractivity contribution in [1.29, 1.82) is 0 Å². The molecule has 0 aromatic heterocycles. The Morgan fingerprint density at radius 1 is 0.939 bits per heavy atom. The smallest absolute Gasteiger partial charge is 0.166 e. The van der Waals surface area contributed by atoms with E-state index in [1.54, 1.807) is 24.3 Å². The lowest BCUT2D eigenvalue weighted by molar-refractivity contribution is 0.306. The number of ether oxygens (including phenoxy) is 1. The summed E-state index contributed by atoms with van der Waals surface area (Å²) in [7, 11) is 0. The summed E-state index contributed by atoms with van der Waals surface area (Å²) in [4.78, 5) is 0. The molecule has 1 unspecified atom stereocenters. The Balaban J connectivity index is 1.32. The molecule has 1 nitrogen and oxygen atoms in total. The standard InChI is InChI=1S/C29H35F3O/c1-3-33-27-17-15-24(18-26(27)30)21-11-6-20(7-12-21)8-13-23-14-16-25(29(32)28(23)31)22-9-4-19(2)5-10-22/h9,14-21H,3-8,10-13H2,1-2H3. The van der Waals surface area contributed by atoms with Crippen molar-refractivity contribution < 1.29 is 17.9 Å². The van der Waals surface area contributed by atoms with Crippen molar-refractivity contribution >= 4 is 5.57 Å². The fourth-order valence-electron chi connectivity index (χ4n) is 5.43. The Kier molecular flexibility index (Phi) is 7.82. The summed E-state index contributed by atoms with van der Waals surface area (Å²) in [6, 6.07) is 8.86. The first-order valence-electron chi connectivity index (χ1n) is 12.5. The van der Waals surface area contributed by atoms with Crippen LogP contribution in [0.15, 0.2) is 36.4 Å². The zero-order chi connectivity index (χ0) is 23.4. The molecule has 0 heterocycles. The van der Waals surface area contributed by atoms with Gasteiger partial charge in [-0.3, -0.25) is 0 Å². The van der Waals surface area contributed by atoms with Gasteiger partial charge in [-0.25, -0.2) is 13.2 Å². The molecule has 1 fully saturated rings. The van der Waals surface area contributed by atoms with Crippen molar-refractivity contribution in [1.82, 2.24) is 0 Å². The number of rotatable bonds is 7. The number of halogens is 3. The van der Waals surface area contributed by atoms with E-state index in [0.717, 1.165) is 62.5 Å². The molecule has 0 N–H and O–H groups in total. The Hall–Kier alpha value is -2.23. The van der Waals surface area contributed by atoms with Gasteiger partial charge in [-0.05, 0) is 111 Å². The second-order valence-electron chi connectivity index (χ2n) is 9.89. The van der Waals surface area contributed by atoms with Crippen LogP contribution in [0, 0.1) is 29.3 Å². The Morgan fingerprint density at radius 2 is 1.73 bits per heavy atom. The minimum absolute atomic E-state index is 0.295. The molecule has 33 heavy (non-hydrogen) atoms. The highest BCUT2D eigenvalue weighted by Gasteiger charge is 2.24. The van der Waals surface area contributed by atoms with Crippen LogP contribution in [-0.4, -0.2) is 6.61 Å². The predicted molar refractivity (Wildman–Crippen MR) is 128 cm³/mol. The van der Waals surface area contributed by atoms with Crippen LogP contribution in [0.25, 0.3) is 5.57 Å². The van der Waals surface area contributed by atoms with Crippen molar-refractivity contribution in [2.75, 3.05) is 6.61 Å². The zero-order valence-corrected chi connectivity index (χ0v) is 19.8. The van der Waals surface area contributed by atoms with Gasteiger partial charge in [0.25, 0.3) is 0 Å². The molecule has 4 rings (SSSR count). The van der Waals surface area contributed by atoms with E-state index in [-0.39, 0.29) is 5.82 Å². The maximum atomic E-state index is 14.8. The number of aryl methyl sites for hydroxylation is 1. The van der Waals surface area contributed by atoms with Gasteiger partial charge < -0.3 is 4.74 Å². The summed E-state index contributed by atoms with van der Waals surface area (Å²) < 4.78 is 49.1. The Labute approximate surface area is 196 Å². The average Bonchev–Trinajstić information content (AvgIpc) is 2.82. The highest BCUT2D eigenvalue weighted by Crippen LogP contribution is 2.39. The van der Waals surface area contributed by atoms with Gasteiger partial charge in [0.15, 0.2) is 23.2 Å². The second-order valence-corrected chi connectivity index (χ2v) is 9.89. The van der Waals surface area contributed by atoms with Gasteiger partial charge in [0, 0.05) is 5.56 Å². The predicted octanol–water partition coefficient (Wildman–Crippen LogP) is 8.61. The van der Waals surface area contributed by atoms with Crippen LogP contribution < -0.4 is 4.74 Å². The fourth-order valence-corrected chi connectivity index (χ4v) is 5.43. The first-order chi connectivity index (χ1) is 16.0. The summed E-state index contributed by atoms with van der Waals surface area (Å²) in [5, 5.41) is 0. The van der Waals surface area contributed by atoms with E-state index in [1.165, 1.54) is 0 Å². The van der Waals surface area contributed by atoms with Crippen LogP contribution in [0.1, 0.15) is 87.8 Å². The third-order valence-electron chi connectivity index (χ3n) is 7.58. The van der Waals surface area contributed by atoms with Crippen molar-refractivity contribution in [3.05, 3.63) is 70.5 Å². The molecule has 0 bridgehead atoms. The van der Waals surface area contributed by atoms with E-state index in [1.807, 2.05) is 13.0 Å². The molecular formula is C29H35F3O. The third kappa shape index (κ3) is 5.65. The number of allylic oxidation sites excluding steroid dienone is 2. The summed E-state index contributed by atoms with van der Waals surface area (Å²) >= 11 is 0. The van der Waals surface area contributed by atoms with Crippen LogP contribution in [-0.2, 0) is 6.42 Å². The summed E-state index contributed by atoms with van der Waals surface area (Å²) in [6.45, 7) is 4.49. The van der Waals surface area contributed by atoms with Crippen LogP contribution in [0.5, 0.6) is 5.75 Å². The number of benzene rings is 2. The van der Waals surface area contributed by atoms with E-state index in [9.17, 15) is 13.2 Å². The van der Waals surface area contributed by atoms with Gasteiger partial charge in [-0.2, -0.15) is 0 Å². The zero-order valence-electron chi connectivity index (χ0n) is 19.8. The fraction of sp³-hybridized carbons (Fsp3) is 0.517. The Morgan fingerprint density at radius 3 is 2.39 bits per heavy atom. The van der Waals surface area contributed by atoms with E-state index in [4.69, 9.17) is 4.74 Å². The summed E-state index contributed by atoms with van der Waals surface area (Å²) in [5.74, 6) is 0.120. The van der Waals surface area contributed by atoms with Gasteiger partial charge in [0.05, 0.1) is 6.61 Å². The lowest BCUT2D eigenvalue weighted by Crippen LogP contribution is -2.15. The van der Waals surface area contributed by atoms with Crippen LogP contribution in [0.2, 0.25) is 0 Å². The molecule has 178 valence electrons. The van der Waals surface area contributed by atoms with E-state index < -0.39 is 11.6 Å². The van der Waals surface area contributed by atoms with E-state index in [0.29, 0.717) is 47.7 Å². The molecule has 0 saturated heterocycles. The normalized spacial score (nSPS) is 23.3. The maximum absolute atomic E-state index is 14.8. The molecule has 2 aliphatic rings. The average molecular weight is 457 g/mol. The van der Waals surface area contributed by atoms with E-state index in [2.05, 4.69) is 13.0 Å². The quantitative estimate of drug-likeness (QED) is 0.405. The minimum atomic E-state index is -0.686. The molecule has 1 atom stereocenters. The summed E-state index contributed by atoms with van der Waals surface area (Å²) in [5.41, 5.74) is 2.90. The Bertz CT molecular complexity index is 989. The first-order valence-corrected chi connectivity index (χ1v) is 12.5. The SMILES string of the molecule is CCOc1ccc(C2CCC(CCc3ccc(C4=CCC(C)CC4)c(F)c3F)CC2)cc1F. The van der Waals surface area contributed by atoms with E-state index >= 15 is 0 Å². The largest absolute Gasteiger partial charge is 0.491 e. The lowest BCUT2D eigenvalue weighted by atomic mass is 9.77. The topological polar surface area (TPSA) is 9.23 Å². The van der Waals surface area contributed by atoms with Crippen LogP contribution >= 0.6 is 0 Å². The maximum Gasteiger partial charge on any atom is 0.166 e. The monoisotopic (exact) mass is 456 g/mol. The molecular weight excluding hydrogens is 421 g/mol. The first kappa shape index (κ1) is 23.9. The molecule has 2 aliphatic carbocycles. The molecule has 0 spiro atoms. The molecule has 4 heteroatoms. The highest BCUT2D eigenvalue weighted by molar-refractivity contribution is 5.67.